The lowest BCUT2D eigenvalue weighted by Crippen LogP contribution is -2.42. The average Bonchev–Trinajstić information content (AvgIpc) is 2.57. The fourth-order valence-electron chi connectivity index (χ4n) is 2.74. The van der Waals surface area contributed by atoms with Crippen LogP contribution in [0.4, 0.5) is 0 Å². The maximum Gasteiger partial charge on any atom is 0.0569 e. The highest BCUT2D eigenvalue weighted by atomic mass is 15.2. The number of rotatable bonds is 17. The summed E-state index contributed by atoms with van der Waals surface area (Å²) in [6, 6.07) is 0. The second-order valence-corrected chi connectivity index (χ2v) is 6.60. The number of nitrogens with two attached hydrogens (primary N) is 3. The van der Waals surface area contributed by atoms with Gasteiger partial charge in [-0.15, -0.1) is 0 Å². The Morgan fingerprint density at radius 3 is 1.87 bits per heavy atom. The Morgan fingerprint density at radius 1 is 0.783 bits per heavy atom. The van der Waals surface area contributed by atoms with Crippen molar-refractivity contribution in [3.05, 3.63) is 0 Å². The highest BCUT2D eigenvalue weighted by molar-refractivity contribution is 4.65. The van der Waals surface area contributed by atoms with Gasteiger partial charge in [-0.3, -0.25) is 4.90 Å². The second kappa shape index (κ2) is 16.7. The van der Waals surface area contributed by atoms with E-state index < -0.39 is 0 Å². The molecule has 2 unspecified atom stereocenters. The van der Waals surface area contributed by atoms with E-state index in [1.807, 2.05) is 0 Å². The Bertz CT molecular complexity index is 237. The Hall–Kier alpha value is -0.200. The largest absolute Gasteiger partial charge is 0.330 e. The zero-order chi connectivity index (χ0) is 17.3. The van der Waals surface area contributed by atoms with Crippen molar-refractivity contribution in [2.45, 2.75) is 90.4 Å². The van der Waals surface area contributed by atoms with Crippen LogP contribution in [-0.2, 0) is 0 Å². The Morgan fingerprint density at radius 2 is 1.35 bits per heavy atom. The van der Waals surface area contributed by atoms with Crippen molar-refractivity contribution >= 4 is 0 Å². The molecule has 0 rings (SSSR count). The van der Waals surface area contributed by atoms with Crippen LogP contribution in [0.3, 0.4) is 0 Å². The van der Waals surface area contributed by atoms with Gasteiger partial charge in [0.25, 0.3) is 0 Å². The molecule has 0 aromatic rings. The number of nitrogens with zero attached hydrogens (tertiary/aromatic N) is 1. The predicted octanol–water partition coefficient (Wildman–Crippen LogP) is 2.35. The number of unbranched alkanes of at least 4 members (excludes halogenated alkanes) is 6. The van der Waals surface area contributed by atoms with Crippen LogP contribution in [0.15, 0.2) is 0 Å². The summed E-state index contributed by atoms with van der Waals surface area (Å²) in [5, 5.41) is 3.34. The molecule has 0 radical (unpaired) electrons. The van der Waals surface area contributed by atoms with E-state index in [9.17, 15) is 0 Å². The first-order valence-corrected chi connectivity index (χ1v) is 9.84. The SMILES string of the molecule is CCC(N)NCCCCCCN(CCCCCCN)C(N)CC. The van der Waals surface area contributed by atoms with E-state index in [1.165, 1.54) is 44.9 Å². The van der Waals surface area contributed by atoms with Crippen LogP contribution in [0.1, 0.15) is 78.1 Å². The normalized spacial score (nSPS) is 14.3. The van der Waals surface area contributed by atoms with E-state index in [2.05, 4.69) is 24.1 Å². The van der Waals surface area contributed by atoms with Gasteiger partial charge >= 0.3 is 0 Å². The van der Waals surface area contributed by atoms with Crippen LogP contribution in [0.5, 0.6) is 0 Å². The number of hydrogen-bond donors (Lipinski definition) is 4. The Kier molecular flexibility index (Phi) is 16.5. The van der Waals surface area contributed by atoms with Gasteiger partial charge in [-0.05, 0) is 64.7 Å². The molecule has 0 aromatic carbocycles. The fraction of sp³-hybridized carbons (Fsp3) is 1.00. The summed E-state index contributed by atoms with van der Waals surface area (Å²) in [5.41, 5.74) is 17.6. The first kappa shape index (κ1) is 22.8. The lowest BCUT2D eigenvalue weighted by molar-refractivity contribution is 0.186. The predicted molar refractivity (Wildman–Crippen MR) is 102 cm³/mol. The molecule has 5 nitrogen and oxygen atoms in total. The van der Waals surface area contributed by atoms with Crippen molar-refractivity contribution in [3.63, 3.8) is 0 Å². The lowest BCUT2D eigenvalue weighted by Gasteiger charge is -2.28. The Labute approximate surface area is 144 Å². The van der Waals surface area contributed by atoms with Gasteiger partial charge in [0, 0.05) is 0 Å². The maximum atomic E-state index is 6.25. The zero-order valence-corrected chi connectivity index (χ0v) is 15.7. The van der Waals surface area contributed by atoms with Crippen LogP contribution < -0.4 is 22.5 Å². The molecule has 0 bridgehead atoms. The topological polar surface area (TPSA) is 93.3 Å². The first-order valence-electron chi connectivity index (χ1n) is 9.84. The molecule has 0 saturated heterocycles. The first-order chi connectivity index (χ1) is 11.2. The molecular formula is C18H43N5. The van der Waals surface area contributed by atoms with Gasteiger partial charge in [-0.25, -0.2) is 0 Å². The minimum atomic E-state index is 0.160. The molecule has 0 heterocycles. The van der Waals surface area contributed by atoms with Gasteiger partial charge in [0.05, 0.1) is 12.3 Å². The van der Waals surface area contributed by atoms with E-state index in [1.54, 1.807) is 0 Å². The fourth-order valence-corrected chi connectivity index (χ4v) is 2.74. The minimum absolute atomic E-state index is 0.160. The molecular weight excluding hydrogens is 286 g/mol. The third-order valence-electron chi connectivity index (χ3n) is 4.51. The summed E-state index contributed by atoms with van der Waals surface area (Å²) in [5.74, 6) is 0. The second-order valence-electron chi connectivity index (χ2n) is 6.60. The summed E-state index contributed by atoms with van der Waals surface area (Å²) in [4.78, 5) is 2.47. The van der Waals surface area contributed by atoms with Crippen LogP contribution in [0.25, 0.3) is 0 Å². The van der Waals surface area contributed by atoms with Crippen molar-refractivity contribution in [1.82, 2.24) is 10.2 Å². The summed E-state index contributed by atoms with van der Waals surface area (Å²) in [6.45, 7) is 8.40. The van der Waals surface area contributed by atoms with Gasteiger partial charge in [-0.1, -0.05) is 39.5 Å². The number of nitrogens with one attached hydrogen (secondary N) is 1. The molecule has 0 aromatic heterocycles. The average molecular weight is 330 g/mol. The smallest absolute Gasteiger partial charge is 0.0569 e. The van der Waals surface area contributed by atoms with Crippen LogP contribution >= 0.6 is 0 Å². The molecule has 0 saturated carbocycles. The van der Waals surface area contributed by atoms with Crippen LogP contribution in [0.2, 0.25) is 0 Å². The molecule has 5 heteroatoms. The summed E-state index contributed by atoms with van der Waals surface area (Å²) >= 11 is 0. The summed E-state index contributed by atoms with van der Waals surface area (Å²) < 4.78 is 0. The number of hydrogen-bond acceptors (Lipinski definition) is 5. The molecule has 2 atom stereocenters. The highest BCUT2D eigenvalue weighted by Gasteiger charge is 2.11. The van der Waals surface area contributed by atoms with E-state index in [4.69, 9.17) is 17.2 Å². The summed E-state index contributed by atoms with van der Waals surface area (Å²) in [6.07, 6.45) is 12.3. The van der Waals surface area contributed by atoms with Crippen LogP contribution in [0, 0.1) is 0 Å². The minimum Gasteiger partial charge on any atom is -0.330 e. The molecule has 7 N–H and O–H groups in total. The standard InChI is InChI=1S/C18H43N5/c1-3-17(20)22-14-10-6-8-12-16-23(18(21)4-2)15-11-7-5-9-13-19/h17-18,22H,3-16,19-21H2,1-2H3. The molecule has 0 aliphatic carbocycles. The van der Waals surface area contributed by atoms with E-state index in [-0.39, 0.29) is 12.3 Å². The van der Waals surface area contributed by atoms with Gasteiger partial charge in [0.15, 0.2) is 0 Å². The van der Waals surface area contributed by atoms with Crippen molar-refractivity contribution < 1.29 is 0 Å². The molecule has 23 heavy (non-hydrogen) atoms. The quantitative estimate of drug-likeness (QED) is 0.243. The Balaban J connectivity index is 3.68. The third kappa shape index (κ3) is 13.9. The highest BCUT2D eigenvalue weighted by Crippen LogP contribution is 2.08. The molecule has 0 spiro atoms. The van der Waals surface area contributed by atoms with E-state index >= 15 is 0 Å². The molecule has 0 aliphatic heterocycles. The lowest BCUT2D eigenvalue weighted by atomic mass is 10.1. The molecule has 140 valence electrons. The van der Waals surface area contributed by atoms with Crippen molar-refractivity contribution in [3.8, 4) is 0 Å². The van der Waals surface area contributed by atoms with Crippen LogP contribution in [-0.4, -0.2) is 43.4 Å². The van der Waals surface area contributed by atoms with Crippen molar-refractivity contribution in [1.29, 1.82) is 0 Å². The van der Waals surface area contributed by atoms with Crippen molar-refractivity contribution in [2.75, 3.05) is 26.2 Å². The maximum absolute atomic E-state index is 6.25. The third-order valence-corrected chi connectivity index (χ3v) is 4.51. The van der Waals surface area contributed by atoms with Gasteiger partial charge in [-0.2, -0.15) is 0 Å². The van der Waals surface area contributed by atoms with E-state index in [0.717, 1.165) is 45.4 Å². The molecule has 0 fully saturated rings. The summed E-state index contributed by atoms with van der Waals surface area (Å²) in [7, 11) is 0. The zero-order valence-electron chi connectivity index (χ0n) is 15.7. The van der Waals surface area contributed by atoms with Gasteiger partial charge in [0.2, 0.25) is 0 Å². The molecule has 0 amide bonds. The van der Waals surface area contributed by atoms with Gasteiger partial charge < -0.3 is 22.5 Å². The molecule has 0 aliphatic rings. The van der Waals surface area contributed by atoms with Gasteiger partial charge in [0.1, 0.15) is 0 Å². The van der Waals surface area contributed by atoms with E-state index in [0.29, 0.717) is 0 Å². The monoisotopic (exact) mass is 329 g/mol. The van der Waals surface area contributed by atoms with Crippen molar-refractivity contribution in [2.24, 2.45) is 17.2 Å².